The molecule has 0 saturated heterocycles. The van der Waals surface area contributed by atoms with Crippen LogP contribution in [0.4, 0.5) is 10.5 Å². The largest absolute Gasteiger partial charge is 0.478 e. The number of urea groups is 1. The molecule has 0 bridgehead atoms. The van der Waals surface area contributed by atoms with Crippen LogP contribution in [0, 0.1) is 23.2 Å². The van der Waals surface area contributed by atoms with Gasteiger partial charge in [0, 0.05) is 67.3 Å². The molecule has 0 fully saturated rings. The number of aromatic amines is 1. The molecule has 1 aliphatic heterocycles. The first-order valence-electron chi connectivity index (χ1n) is 30.3. The fourth-order valence-corrected chi connectivity index (χ4v) is 11.2. The third-order valence-corrected chi connectivity index (χ3v) is 16.5. The minimum atomic E-state index is -1.08. The van der Waals surface area contributed by atoms with Crippen molar-refractivity contribution in [2.45, 2.75) is 157 Å². The number of carboxylic acid groups (broad SMARTS) is 1. The van der Waals surface area contributed by atoms with Gasteiger partial charge in [0.2, 0.25) is 23.6 Å². The number of Topliss-reactive ketones (excluding diaryl/α,β-unsaturated/α-hetero) is 2. The number of benzene rings is 4. The van der Waals surface area contributed by atoms with E-state index < -0.39 is 70.7 Å². The molecule has 4 aromatic carbocycles. The van der Waals surface area contributed by atoms with Crippen molar-refractivity contribution in [2.24, 2.45) is 28.9 Å². The van der Waals surface area contributed by atoms with Crippen molar-refractivity contribution in [1.29, 1.82) is 0 Å². The third-order valence-electron chi connectivity index (χ3n) is 16.5. The predicted octanol–water partition coefficient (Wildman–Crippen LogP) is 7.94. The Balaban J connectivity index is 1.04. The van der Waals surface area contributed by atoms with Crippen LogP contribution in [-0.4, -0.2) is 123 Å². The summed E-state index contributed by atoms with van der Waals surface area (Å²) >= 11 is 0. The van der Waals surface area contributed by atoms with E-state index >= 15 is 0 Å². The highest BCUT2D eigenvalue weighted by Crippen LogP contribution is 2.40. The molecule has 5 aromatic rings. The number of primary amides is 1. The molecule has 5 atom stereocenters. The molecule has 89 heavy (non-hydrogen) atoms. The van der Waals surface area contributed by atoms with Gasteiger partial charge in [-0.25, -0.2) is 9.59 Å². The van der Waals surface area contributed by atoms with Crippen molar-refractivity contribution in [3.05, 3.63) is 137 Å². The molecule has 0 saturated carbocycles. The van der Waals surface area contributed by atoms with Crippen molar-refractivity contribution in [1.82, 2.24) is 41.6 Å². The lowest BCUT2D eigenvalue weighted by Gasteiger charge is -2.40. The Morgan fingerprint density at radius 3 is 2.03 bits per heavy atom. The molecule has 476 valence electrons. The van der Waals surface area contributed by atoms with Crippen LogP contribution in [0.5, 0.6) is 0 Å². The fraction of sp³-hybridized carbons (Fsp3) is 0.456. The van der Waals surface area contributed by atoms with Crippen LogP contribution in [0.15, 0.2) is 109 Å². The van der Waals surface area contributed by atoms with Gasteiger partial charge in [0.1, 0.15) is 29.8 Å². The van der Waals surface area contributed by atoms with Gasteiger partial charge in [0.15, 0.2) is 5.78 Å². The summed E-state index contributed by atoms with van der Waals surface area (Å²) in [7, 11) is 3.27. The second-order valence-electron chi connectivity index (χ2n) is 25.3. The van der Waals surface area contributed by atoms with Crippen LogP contribution in [-0.2, 0) is 74.5 Å². The van der Waals surface area contributed by atoms with E-state index in [0.29, 0.717) is 45.7 Å². The van der Waals surface area contributed by atoms with Crippen molar-refractivity contribution < 1.29 is 53.0 Å². The second kappa shape index (κ2) is 30.9. The zero-order valence-electron chi connectivity index (χ0n) is 53.3. The molecule has 6 rings (SSSR count). The zero-order valence-corrected chi connectivity index (χ0v) is 53.3. The lowest BCUT2D eigenvalue weighted by molar-refractivity contribution is -0.144. The van der Waals surface area contributed by atoms with Crippen molar-refractivity contribution in [3.8, 4) is 22.5 Å². The summed E-state index contributed by atoms with van der Waals surface area (Å²) < 4.78 is 5.70. The summed E-state index contributed by atoms with van der Waals surface area (Å²) in [5, 5.41) is 32.7. The lowest BCUT2D eigenvalue weighted by atomic mass is 9.76. The molecule has 1 unspecified atom stereocenters. The molecule has 0 spiro atoms. The highest BCUT2D eigenvalue weighted by molar-refractivity contribution is 6.02. The van der Waals surface area contributed by atoms with Gasteiger partial charge in [-0.15, -0.1) is 0 Å². The molecule has 0 aliphatic carbocycles. The van der Waals surface area contributed by atoms with Gasteiger partial charge in [0.05, 0.1) is 36.8 Å². The van der Waals surface area contributed by atoms with Crippen molar-refractivity contribution in [3.63, 3.8) is 0 Å². The lowest BCUT2D eigenvalue weighted by Crippen LogP contribution is -2.61. The molecule has 1 aromatic heterocycles. The summed E-state index contributed by atoms with van der Waals surface area (Å²) in [6.45, 7) is 18.6. The van der Waals surface area contributed by atoms with Gasteiger partial charge in [-0.1, -0.05) is 159 Å². The van der Waals surface area contributed by atoms with Crippen LogP contribution in [0.2, 0.25) is 0 Å². The number of para-hydroxylation sites is 1. The Morgan fingerprint density at radius 2 is 1.40 bits per heavy atom. The Kier molecular flexibility index (Phi) is 24.0. The van der Waals surface area contributed by atoms with Gasteiger partial charge < -0.3 is 46.6 Å². The first kappa shape index (κ1) is 69.3. The number of amides is 6. The van der Waals surface area contributed by atoms with Gasteiger partial charge >= 0.3 is 18.0 Å². The summed E-state index contributed by atoms with van der Waals surface area (Å²) in [6.07, 6.45) is 1.53. The number of nitrogens with two attached hydrogens (primary N) is 1. The van der Waals surface area contributed by atoms with E-state index in [-0.39, 0.29) is 99.0 Å². The van der Waals surface area contributed by atoms with E-state index in [9.17, 15) is 48.3 Å². The molecule has 6 amide bonds. The van der Waals surface area contributed by atoms with Crippen LogP contribution < -0.4 is 31.9 Å². The van der Waals surface area contributed by atoms with E-state index in [0.717, 1.165) is 16.7 Å². The van der Waals surface area contributed by atoms with Crippen LogP contribution in [0.1, 0.15) is 129 Å². The summed E-state index contributed by atoms with van der Waals surface area (Å²) in [4.78, 5) is 124. The van der Waals surface area contributed by atoms with Crippen LogP contribution in [0.25, 0.3) is 22.5 Å². The first-order valence-corrected chi connectivity index (χ1v) is 30.3. The zero-order chi connectivity index (χ0) is 65.5. The maximum Gasteiger partial charge on any atom is 0.331 e. The number of anilines is 1. The summed E-state index contributed by atoms with van der Waals surface area (Å²) in [6, 6.07) is 25.3. The Morgan fingerprint density at radius 1 is 0.764 bits per heavy atom. The van der Waals surface area contributed by atoms with Gasteiger partial charge in [-0.05, 0) is 77.9 Å². The van der Waals surface area contributed by atoms with E-state index in [4.69, 9.17) is 10.5 Å². The average Bonchev–Trinajstić information content (AvgIpc) is 1.84. The van der Waals surface area contributed by atoms with Crippen molar-refractivity contribution >= 4 is 58.9 Å². The smallest absolute Gasteiger partial charge is 0.331 e. The Bertz CT molecular complexity index is 3400. The standard InChI is InChI=1S/C68H88N10O11/c1-40(2)51(37-48(79)30-31-56(81)78-38-46-20-13-14-22-49(46)58-59(75-76-74-58)50-23-15-16-25-53(50)78)62(83)72-52(24-18-32-71-66(69)88)55(80)35-43-26-28-44(29-27-43)39-89-57(82)36-45-19-17-21-47(34-45)68(9,10)60(70-11)63(84)73-61(67(6,7)8)64(85)77(12)54(41(3)4)33-42(5)65(86)87/h13-17,19-23,25-29,33-34,40-41,51-52,54,60-61,70H,18,24,30-32,35-39H2,1-12H3,(H,72,83)(H,73,84)(H,86,87)(H3,69,71,88)(H,74,75,76)/b42-33+/t51-,52-,54+,60?,61+/m1/s1. The molecule has 21 nitrogen and oxygen atoms in total. The maximum atomic E-state index is 14.3. The van der Waals surface area contributed by atoms with Gasteiger partial charge in [-0.2, -0.15) is 15.4 Å². The number of likely N-dealkylation sites (N-methyl/N-ethyl adjacent to an activating group) is 2. The van der Waals surface area contributed by atoms with Gasteiger partial charge in [-0.3, -0.25) is 33.6 Å². The fourth-order valence-electron chi connectivity index (χ4n) is 11.2. The summed E-state index contributed by atoms with van der Waals surface area (Å²) in [5.41, 5.74) is 10.8. The third kappa shape index (κ3) is 18.4. The highest BCUT2D eigenvalue weighted by Gasteiger charge is 2.42. The molecule has 1 aliphatic rings. The number of ether oxygens (including phenoxy) is 1. The van der Waals surface area contributed by atoms with E-state index in [1.165, 1.54) is 11.8 Å². The predicted molar refractivity (Wildman–Crippen MR) is 340 cm³/mol. The minimum absolute atomic E-state index is 0.0587. The van der Waals surface area contributed by atoms with Crippen LogP contribution in [0.3, 0.4) is 0 Å². The molecule has 0 radical (unpaired) electrons. The molecular formula is C68H88N10O11. The normalized spacial score (nSPS) is 14.1. The topological polar surface area (TPSA) is 305 Å². The number of carboxylic acids is 1. The number of hydrogen-bond acceptors (Lipinski definition) is 13. The number of hydrogen-bond donors (Lipinski definition) is 7. The monoisotopic (exact) mass is 1220 g/mol. The number of rotatable bonds is 29. The Hall–Kier alpha value is -8.85. The van der Waals surface area contributed by atoms with Crippen LogP contribution >= 0.6 is 0 Å². The Labute approximate surface area is 521 Å². The van der Waals surface area contributed by atoms with E-state index in [1.807, 2.05) is 123 Å². The van der Waals surface area contributed by atoms with E-state index in [1.54, 1.807) is 61.5 Å². The number of aromatic nitrogens is 3. The molecule has 21 heteroatoms. The molecular weight excluding hydrogens is 1130 g/mol. The number of esters is 1. The number of fused-ring (bicyclic) bond motifs is 5. The number of carbonyl (C=O) groups excluding carboxylic acids is 8. The van der Waals surface area contributed by atoms with Gasteiger partial charge in [0.25, 0.3) is 0 Å². The van der Waals surface area contributed by atoms with Crippen molar-refractivity contribution in [2.75, 3.05) is 25.5 Å². The average molecular weight is 1220 g/mol. The SMILES string of the molecule is CNC(C(=O)N[C@@H](C(=O)N(C)[C@@H](/C=C(\C)C(=O)O)C(C)C)C(C)(C)C)C(C)(C)c1cccc(CC(=O)OCc2ccc(CC(=O)[C@@H](CCCNC(N)=O)NC(=O)[C@H](CC(=O)CCC(=O)N3Cc4ccccc4-c4n[nH]nc4-c4ccccc43)C(C)C)cc2)c1. The maximum absolute atomic E-state index is 14.3. The first-order chi connectivity index (χ1) is 42.0. The van der Waals surface area contributed by atoms with E-state index in [2.05, 4.69) is 36.7 Å². The molecule has 8 N–H and O–H groups in total. The quantitative estimate of drug-likeness (QED) is 0.0136. The number of carbonyl (C=O) groups is 9. The highest BCUT2D eigenvalue weighted by atomic mass is 16.5. The minimum Gasteiger partial charge on any atom is -0.478 e. The number of nitrogens with one attached hydrogen (secondary N) is 5. The second-order valence-corrected chi connectivity index (χ2v) is 25.3. The number of nitrogens with zero attached hydrogens (tertiary/aromatic N) is 4. The molecule has 2 heterocycles. The number of ketones is 2. The number of aliphatic carboxylic acids is 1. The summed E-state index contributed by atoms with van der Waals surface area (Å²) in [5.74, 6) is -4.96. The number of H-pyrrole nitrogens is 1.